The molecule has 0 aliphatic rings. The summed E-state index contributed by atoms with van der Waals surface area (Å²) in [5.74, 6) is 0.854. The molecule has 0 aliphatic carbocycles. The molecular formula is C12H17N3O. The van der Waals surface area contributed by atoms with Gasteiger partial charge < -0.3 is 15.2 Å². The maximum absolute atomic E-state index is 5.77. The molecule has 4 nitrogen and oxygen atoms in total. The minimum Gasteiger partial charge on any atom is -0.355 e. The van der Waals surface area contributed by atoms with E-state index < -0.39 is 0 Å². The Kier molecular flexibility index (Phi) is 2.83. The van der Waals surface area contributed by atoms with Gasteiger partial charge in [0.25, 0.3) is 0 Å². The van der Waals surface area contributed by atoms with Crippen LogP contribution in [0.4, 0.5) is 5.82 Å². The first kappa shape index (κ1) is 11.0. The summed E-state index contributed by atoms with van der Waals surface area (Å²) in [5, 5.41) is 5.12. The molecule has 1 aromatic carbocycles. The van der Waals surface area contributed by atoms with Crippen molar-refractivity contribution in [2.45, 2.75) is 19.9 Å². The van der Waals surface area contributed by atoms with Crippen molar-refractivity contribution < 1.29 is 4.52 Å². The number of rotatable bonds is 3. The van der Waals surface area contributed by atoms with Gasteiger partial charge in [0.1, 0.15) is 0 Å². The summed E-state index contributed by atoms with van der Waals surface area (Å²) < 4.78 is 5.30. The van der Waals surface area contributed by atoms with Crippen molar-refractivity contribution in [3.63, 3.8) is 0 Å². The fraction of sp³-hybridized carbons (Fsp3) is 0.417. The number of aryl methyl sites for hydroxylation is 1. The third-order valence-corrected chi connectivity index (χ3v) is 2.53. The van der Waals surface area contributed by atoms with E-state index in [1.807, 2.05) is 37.9 Å². The van der Waals surface area contributed by atoms with E-state index in [0.29, 0.717) is 0 Å². The Morgan fingerprint density at radius 3 is 2.94 bits per heavy atom. The Hall–Kier alpha value is -1.55. The smallest absolute Gasteiger partial charge is 0.179 e. The van der Waals surface area contributed by atoms with Crippen molar-refractivity contribution >= 4 is 16.8 Å². The average molecular weight is 219 g/mol. The standard InChI is InChI=1S/C12H17N3O/c1-8-4-5-10-11(6-8)16-14-12(10)15(3)7-9(2)13/h4-6,9H,7,13H2,1-3H3. The Morgan fingerprint density at radius 2 is 2.25 bits per heavy atom. The molecule has 0 saturated heterocycles. The fourth-order valence-electron chi connectivity index (χ4n) is 1.83. The van der Waals surface area contributed by atoms with E-state index in [0.717, 1.165) is 23.3 Å². The lowest BCUT2D eigenvalue weighted by atomic mass is 10.2. The zero-order valence-electron chi connectivity index (χ0n) is 9.90. The quantitative estimate of drug-likeness (QED) is 0.856. The third kappa shape index (κ3) is 2.02. The summed E-state index contributed by atoms with van der Waals surface area (Å²) in [6.45, 7) is 4.77. The zero-order valence-corrected chi connectivity index (χ0v) is 9.90. The molecule has 0 fully saturated rings. The SMILES string of the molecule is Cc1ccc2c(N(C)CC(C)N)noc2c1. The molecule has 2 aromatic rings. The van der Waals surface area contributed by atoms with Crippen LogP contribution in [0.3, 0.4) is 0 Å². The minimum atomic E-state index is 0.113. The summed E-state index contributed by atoms with van der Waals surface area (Å²) in [6.07, 6.45) is 0. The first-order chi connectivity index (χ1) is 7.58. The van der Waals surface area contributed by atoms with Crippen LogP contribution in [0.25, 0.3) is 11.0 Å². The lowest BCUT2D eigenvalue weighted by Crippen LogP contribution is -2.33. The first-order valence-electron chi connectivity index (χ1n) is 5.40. The number of hydrogen-bond donors (Lipinski definition) is 1. The number of nitrogens with two attached hydrogens (primary N) is 1. The molecule has 0 aliphatic heterocycles. The summed E-state index contributed by atoms with van der Waals surface area (Å²) in [7, 11) is 1.97. The second-order valence-corrected chi connectivity index (χ2v) is 4.36. The van der Waals surface area contributed by atoms with Crippen molar-refractivity contribution in [2.75, 3.05) is 18.5 Å². The summed E-state index contributed by atoms with van der Waals surface area (Å²) in [4.78, 5) is 2.02. The van der Waals surface area contributed by atoms with Gasteiger partial charge in [-0.15, -0.1) is 0 Å². The molecule has 16 heavy (non-hydrogen) atoms. The van der Waals surface area contributed by atoms with Crippen molar-refractivity contribution in [1.29, 1.82) is 0 Å². The average Bonchev–Trinajstić information content (AvgIpc) is 2.59. The Balaban J connectivity index is 2.38. The number of nitrogens with zero attached hydrogens (tertiary/aromatic N) is 2. The van der Waals surface area contributed by atoms with Crippen LogP contribution in [0, 0.1) is 6.92 Å². The second-order valence-electron chi connectivity index (χ2n) is 4.36. The number of fused-ring (bicyclic) bond motifs is 1. The molecule has 2 rings (SSSR count). The van der Waals surface area contributed by atoms with Gasteiger partial charge in [-0.2, -0.15) is 0 Å². The largest absolute Gasteiger partial charge is 0.355 e. The van der Waals surface area contributed by atoms with Crippen LogP contribution in [-0.2, 0) is 0 Å². The Morgan fingerprint density at radius 1 is 1.50 bits per heavy atom. The van der Waals surface area contributed by atoms with Crippen molar-refractivity contribution in [3.8, 4) is 0 Å². The second kappa shape index (κ2) is 4.14. The number of benzene rings is 1. The van der Waals surface area contributed by atoms with E-state index in [4.69, 9.17) is 10.3 Å². The molecule has 4 heteroatoms. The van der Waals surface area contributed by atoms with E-state index >= 15 is 0 Å². The lowest BCUT2D eigenvalue weighted by molar-refractivity contribution is 0.455. The third-order valence-electron chi connectivity index (χ3n) is 2.53. The number of anilines is 1. The van der Waals surface area contributed by atoms with Gasteiger partial charge >= 0.3 is 0 Å². The van der Waals surface area contributed by atoms with Crippen molar-refractivity contribution in [1.82, 2.24) is 5.16 Å². The predicted molar refractivity (Wildman–Crippen MR) is 65.7 cm³/mol. The number of hydrogen-bond acceptors (Lipinski definition) is 4. The summed E-state index contributed by atoms with van der Waals surface area (Å²) in [5.41, 5.74) is 7.76. The number of likely N-dealkylation sites (N-methyl/N-ethyl adjacent to an activating group) is 1. The molecular weight excluding hydrogens is 202 g/mol. The Labute approximate surface area is 95.0 Å². The van der Waals surface area contributed by atoms with Crippen molar-refractivity contribution in [2.24, 2.45) is 5.73 Å². The normalized spacial score (nSPS) is 13.0. The fourth-order valence-corrected chi connectivity index (χ4v) is 1.83. The maximum Gasteiger partial charge on any atom is 0.179 e. The summed E-state index contributed by atoms with van der Waals surface area (Å²) in [6, 6.07) is 6.20. The van der Waals surface area contributed by atoms with E-state index in [9.17, 15) is 0 Å². The van der Waals surface area contributed by atoms with Gasteiger partial charge in [-0.25, -0.2) is 0 Å². The van der Waals surface area contributed by atoms with E-state index in [1.54, 1.807) is 0 Å². The van der Waals surface area contributed by atoms with Gasteiger partial charge in [-0.1, -0.05) is 11.2 Å². The van der Waals surface area contributed by atoms with Gasteiger partial charge in [0.2, 0.25) is 0 Å². The van der Waals surface area contributed by atoms with Crippen LogP contribution in [0.5, 0.6) is 0 Å². The highest BCUT2D eigenvalue weighted by atomic mass is 16.5. The maximum atomic E-state index is 5.77. The predicted octanol–water partition coefficient (Wildman–Crippen LogP) is 1.92. The molecule has 0 amide bonds. The minimum absolute atomic E-state index is 0.113. The van der Waals surface area contributed by atoms with Crippen LogP contribution in [-0.4, -0.2) is 24.8 Å². The molecule has 1 atom stereocenters. The highest BCUT2D eigenvalue weighted by Gasteiger charge is 2.13. The number of aromatic nitrogens is 1. The molecule has 1 unspecified atom stereocenters. The zero-order chi connectivity index (χ0) is 11.7. The van der Waals surface area contributed by atoms with Crippen LogP contribution < -0.4 is 10.6 Å². The molecule has 0 radical (unpaired) electrons. The monoisotopic (exact) mass is 219 g/mol. The van der Waals surface area contributed by atoms with Crippen LogP contribution in [0.2, 0.25) is 0 Å². The highest BCUT2D eigenvalue weighted by molar-refractivity contribution is 5.88. The molecule has 0 saturated carbocycles. The van der Waals surface area contributed by atoms with Crippen LogP contribution >= 0.6 is 0 Å². The van der Waals surface area contributed by atoms with E-state index in [1.165, 1.54) is 5.56 Å². The summed E-state index contributed by atoms with van der Waals surface area (Å²) >= 11 is 0. The van der Waals surface area contributed by atoms with Gasteiger partial charge in [-0.05, 0) is 31.5 Å². The van der Waals surface area contributed by atoms with Crippen molar-refractivity contribution in [3.05, 3.63) is 23.8 Å². The van der Waals surface area contributed by atoms with Gasteiger partial charge in [0.05, 0.1) is 5.39 Å². The highest BCUT2D eigenvalue weighted by Crippen LogP contribution is 2.25. The van der Waals surface area contributed by atoms with Gasteiger partial charge in [0, 0.05) is 19.6 Å². The molecule has 86 valence electrons. The van der Waals surface area contributed by atoms with Gasteiger partial charge in [-0.3, -0.25) is 0 Å². The first-order valence-corrected chi connectivity index (χ1v) is 5.40. The van der Waals surface area contributed by atoms with Gasteiger partial charge in [0.15, 0.2) is 11.4 Å². The van der Waals surface area contributed by atoms with Crippen LogP contribution in [0.1, 0.15) is 12.5 Å². The molecule has 0 bridgehead atoms. The molecule has 1 aromatic heterocycles. The van der Waals surface area contributed by atoms with E-state index in [2.05, 4.69) is 11.2 Å². The Bertz CT molecular complexity index is 490. The van der Waals surface area contributed by atoms with E-state index in [-0.39, 0.29) is 6.04 Å². The molecule has 0 spiro atoms. The molecule has 2 N–H and O–H groups in total. The lowest BCUT2D eigenvalue weighted by Gasteiger charge is -2.18. The van der Waals surface area contributed by atoms with Crippen LogP contribution in [0.15, 0.2) is 22.7 Å². The topological polar surface area (TPSA) is 55.3 Å². The molecule has 1 heterocycles.